The van der Waals surface area contributed by atoms with Crippen LogP contribution >= 0.6 is 11.6 Å². The van der Waals surface area contributed by atoms with Crippen molar-refractivity contribution in [3.8, 4) is 0 Å². The van der Waals surface area contributed by atoms with Gasteiger partial charge in [-0.15, -0.1) is 0 Å². The molecule has 0 atom stereocenters. The summed E-state index contributed by atoms with van der Waals surface area (Å²) < 4.78 is 38.1. The maximum atomic E-state index is 12.7. The number of rotatable bonds is 6. The molecule has 2 rings (SSSR count). The zero-order valence-electron chi connectivity index (χ0n) is 14.5. The summed E-state index contributed by atoms with van der Waals surface area (Å²) in [7, 11) is 0. The van der Waals surface area contributed by atoms with E-state index in [4.69, 9.17) is 22.2 Å². The van der Waals surface area contributed by atoms with Crippen molar-refractivity contribution in [2.45, 2.75) is 13.1 Å². The van der Waals surface area contributed by atoms with E-state index in [1.807, 2.05) is 0 Å². The normalized spacial score (nSPS) is 12.6. The molecule has 6 nitrogen and oxygen atoms in total. The third kappa shape index (κ3) is 6.27. The molecule has 2 aromatic rings. The standard InChI is InChI=1S/C18H15ClF3N3O3/c1-11(12-5-7-15(19)8-6-12)24-27-10-16(26)28-25-17(23)13-3-2-4-14(9-13)18(20,21)22/h2-9H,10H2,1H3,(H2,23,25). The number of hydrogen-bond acceptors (Lipinski definition) is 5. The Bertz CT molecular complexity index is 897. The molecule has 0 unspecified atom stereocenters. The van der Waals surface area contributed by atoms with E-state index in [9.17, 15) is 18.0 Å². The number of carbonyl (C=O) groups excluding carboxylic acids is 1. The largest absolute Gasteiger partial charge is 0.416 e. The second-order valence-corrected chi connectivity index (χ2v) is 5.91. The van der Waals surface area contributed by atoms with Gasteiger partial charge in [-0.3, -0.25) is 0 Å². The average Bonchev–Trinajstić information content (AvgIpc) is 2.66. The fraction of sp³-hybridized carbons (Fsp3) is 0.167. The number of nitrogens with zero attached hydrogens (tertiary/aromatic N) is 2. The number of nitrogens with two attached hydrogens (primary N) is 1. The monoisotopic (exact) mass is 413 g/mol. The summed E-state index contributed by atoms with van der Waals surface area (Å²) in [5.41, 5.74) is 5.84. The van der Waals surface area contributed by atoms with Gasteiger partial charge in [0.2, 0.25) is 6.61 Å². The fourth-order valence-corrected chi connectivity index (χ4v) is 2.09. The molecule has 0 amide bonds. The second kappa shape index (κ2) is 9.23. The van der Waals surface area contributed by atoms with E-state index in [0.29, 0.717) is 10.7 Å². The van der Waals surface area contributed by atoms with Crippen LogP contribution in [-0.2, 0) is 20.6 Å². The summed E-state index contributed by atoms with van der Waals surface area (Å²) in [6.45, 7) is 1.10. The van der Waals surface area contributed by atoms with Gasteiger partial charge in [-0.2, -0.15) is 13.2 Å². The van der Waals surface area contributed by atoms with E-state index in [1.165, 1.54) is 12.1 Å². The molecular formula is C18H15ClF3N3O3. The predicted molar refractivity (Wildman–Crippen MR) is 97.9 cm³/mol. The molecular weight excluding hydrogens is 399 g/mol. The van der Waals surface area contributed by atoms with Crippen molar-refractivity contribution >= 4 is 29.1 Å². The summed E-state index contributed by atoms with van der Waals surface area (Å²) in [6, 6.07) is 11.0. The third-order valence-electron chi connectivity index (χ3n) is 3.38. The molecule has 148 valence electrons. The van der Waals surface area contributed by atoms with Gasteiger partial charge >= 0.3 is 12.1 Å². The minimum absolute atomic E-state index is 0.0415. The van der Waals surface area contributed by atoms with E-state index < -0.39 is 24.3 Å². The molecule has 28 heavy (non-hydrogen) atoms. The Balaban J connectivity index is 1.91. The molecule has 0 saturated heterocycles. The van der Waals surface area contributed by atoms with Gasteiger partial charge in [0.1, 0.15) is 0 Å². The first kappa shape index (κ1) is 21.2. The van der Waals surface area contributed by atoms with Gasteiger partial charge in [0.05, 0.1) is 11.3 Å². The van der Waals surface area contributed by atoms with Crippen LogP contribution in [0.15, 0.2) is 58.8 Å². The lowest BCUT2D eigenvalue weighted by Gasteiger charge is -2.08. The molecule has 0 spiro atoms. The number of benzene rings is 2. The number of hydrogen-bond donors (Lipinski definition) is 1. The Morgan fingerprint density at radius 1 is 1.11 bits per heavy atom. The molecule has 10 heteroatoms. The van der Waals surface area contributed by atoms with Gasteiger partial charge in [-0.1, -0.05) is 46.2 Å². The van der Waals surface area contributed by atoms with Crippen LogP contribution in [-0.4, -0.2) is 24.1 Å². The van der Waals surface area contributed by atoms with Crippen LogP contribution < -0.4 is 5.73 Å². The minimum atomic E-state index is -4.53. The maximum absolute atomic E-state index is 12.7. The highest BCUT2D eigenvalue weighted by atomic mass is 35.5. The molecule has 0 aliphatic heterocycles. The van der Waals surface area contributed by atoms with Crippen LogP contribution in [0.2, 0.25) is 5.02 Å². The predicted octanol–water partition coefficient (Wildman–Crippen LogP) is 3.96. The zero-order chi connectivity index (χ0) is 20.7. The number of carbonyl (C=O) groups is 1. The molecule has 0 radical (unpaired) electrons. The van der Waals surface area contributed by atoms with Gasteiger partial charge in [0.15, 0.2) is 5.84 Å². The van der Waals surface area contributed by atoms with Gasteiger partial charge < -0.3 is 15.4 Å². The van der Waals surface area contributed by atoms with Crippen molar-refractivity contribution < 1.29 is 27.6 Å². The van der Waals surface area contributed by atoms with E-state index in [0.717, 1.165) is 17.7 Å². The van der Waals surface area contributed by atoms with Crippen LogP contribution in [0.3, 0.4) is 0 Å². The van der Waals surface area contributed by atoms with Gasteiger partial charge in [0, 0.05) is 10.6 Å². The Morgan fingerprint density at radius 2 is 1.79 bits per heavy atom. The Kier molecular flexibility index (Phi) is 7.00. The lowest BCUT2D eigenvalue weighted by atomic mass is 10.1. The molecule has 2 aromatic carbocycles. The Labute approximate surface area is 163 Å². The number of oxime groups is 2. The molecule has 2 N–H and O–H groups in total. The van der Waals surface area contributed by atoms with E-state index in [2.05, 4.69) is 15.1 Å². The Morgan fingerprint density at radius 3 is 2.43 bits per heavy atom. The smallest absolute Gasteiger partial charge is 0.383 e. The topological polar surface area (TPSA) is 86.3 Å². The summed E-state index contributed by atoms with van der Waals surface area (Å²) >= 11 is 5.79. The first-order valence-electron chi connectivity index (χ1n) is 7.80. The highest BCUT2D eigenvalue weighted by Gasteiger charge is 2.30. The van der Waals surface area contributed by atoms with Crippen LogP contribution in [0.1, 0.15) is 23.6 Å². The highest BCUT2D eigenvalue weighted by molar-refractivity contribution is 6.30. The van der Waals surface area contributed by atoms with Gasteiger partial charge in [-0.25, -0.2) is 4.79 Å². The second-order valence-electron chi connectivity index (χ2n) is 5.48. The van der Waals surface area contributed by atoms with Crippen LogP contribution in [0, 0.1) is 0 Å². The zero-order valence-corrected chi connectivity index (χ0v) is 15.3. The molecule has 0 fully saturated rings. The van der Waals surface area contributed by atoms with E-state index in [1.54, 1.807) is 31.2 Å². The average molecular weight is 414 g/mol. The summed E-state index contributed by atoms with van der Waals surface area (Å²) in [5.74, 6) is -1.32. The lowest BCUT2D eigenvalue weighted by Crippen LogP contribution is -2.17. The number of amidine groups is 1. The summed E-state index contributed by atoms with van der Waals surface area (Å²) in [6.07, 6.45) is -4.53. The van der Waals surface area contributed by atoms with Gasteiger partial charge in [0.25, 0.3) is 0 Å². The van der Waals surface area contributed by atoms with E-state index >= 15 is 0 Å². The molecule has 0 aliphatic carbocycles. The lowest BCUT2D eigenvalue weighted by molar-refractivity contribution is -0.149. The first-order chi connectivity index (χ1) is 13.2. The minimum Gasteiger partial charge on any atom is -0.383 e. The number of alkyl halides is 3. The summed E-state index contributed by atoms with van der Waals surface area (Å²) in [5, 5.41) is 7.64. The van der Waals surface area contributed by atoms with Crippen molar-refractivity contribution in [1.29, 1.82) is 0 Å². The quantitative estimate of drug-likeness (QED) is 0.336. The molecule has 0 heterocycles. The van der Waals surface area contributed by atoms with Crippen molar-refractivity contribution in [3.63, 3.8) is 0 Å². The maximum Gasteiger partial charge on any atom is 0.416 e. The number of halogens is 4. The summed E-state index contributed by atoms with van der Waals surface area (Å²) in [4.78, 5) is 21.0. The van der Waals surface area contributed by atoms with Gasteiger partial charge in [-0.05, 0) is 36.8 Å². The van der Waals surface area contributed by atoms with Crippen LogP contribution in [0.4, 0.5) is 13.2 Å². The highest BCUT2D eigenvalue weighted by Crippen LogP contribution is 2.29. The molecule has 0 bridgehead atoms. The van der Waals surface area contributed by atoms with Crippen molar-refractivity contribution in [3.05, 3.63) is 70.2 Å². The van der Waals surface area contributed by atoms with Crippen molar-refractivity contribution in [1.82, 2.24) is 0 Å². The van der Waals surface area contributed by atoms with E-state index in [-0.39, 0.29) is 11.4 Å². The van der Waals surface area contributed by atoms with Crippen molar-refractivity contribution in [2.24, 2.45) is 16.0 Å². The van der Waals surface area contributed by atoms with Crippen LogP contribution in [0.25, 0.3) is 0 Å². The van der Waals surface area contributed by atoms with Crippen LogP contribution in [0.5, 0.6) is 0 Å². The Hall–Kier alpha value is -3.07. The molecule has 0 aromatic heterocycles. The molecule has 0 aliphatic rings. The first-order valence-corrected chi connectivity index (χ1v) is 8.18. The third-order valence-corrected chi connectivity index (χ3v) is 3.63. The van der Waals surface area contributed by atoms with Crippen molar-refractivity contribution in [2.75, 3.05) is 6.61 Å². The molecule has 0 saturated carbocycles. The fourth-order valence-electron chi connectivity index (χ4n) is 1.96. The SMILES string of the molecule is CC(=NOCC(=O)ON=C(N)c1cccc(C(F)(F)F)c1)c1ccc(Cl)cc1.